The Morgan fingerprint density at radius 2 is 1.70 bits per heavy atom. The summed E-state index contributed by atoms with van der Waals surface area (Å²) in [5, 5.41) is 3.15. The molecule has 0 heterocycles. The number of likely N-dealkylation sites (N-methyl/N-ethyl adjacent to an activating group) is 1. The lowest BCUT2D eigenvalue weighted by atomic mass is 10.2. The third-order valence-electron chi connectivity index (χ3n) is 3.22. The SMILES string of the molecule is CN(CC(=O)NCc1ccccc1)S(=O)(=O)c1ccc(Cl)cc1. The molecule has 0 unspecified atom stereocenters. The van der Waals surface area contributed by atoms with Crippen LogP contribution in [0.3, 0.4) is 0 Å². The first kappa shape index (κ1) is 17.5. The van der Waals surface area contributed by atoms with E-state index in [9.17, 15) is 13.2 Å². The number of sulfonamides is 1. The zero-order valence-corrected chi connectivity index (χ0v) is 14.1. The van der Waals surface area contributed by atoms with Crippen LogP contribution in [0, 0.1) is 0 Å². The van der Waals surface area contributed by atoms with Crippen molar-refractivity contribution in [1.29, 1.82) is 0 Å². The Kier molecular flexibility index (Phi) is 5.76. The van der Waals surface area contributed by atoms with Crippen molar-refractivity contribution in [3.05, 3.63) is 65.2 Å². The van der Waals surface area contributed by atoms with Crippen LogP contribution in [0.15, 0.2) is 59.5 Å². The molecule has 2 aromatic rings. The van der Waals surface area contributed by atoms with Crippen molar-refractivity contribution in [3.8, 4) is 0 Å². The van der Waals surface area contributed by atoms with Gasteiger partial charge >= 0.3 is 0 Å². The van der Waals surface area contributed by atoms with Gasteiger partial charge in [0.1, 0.15) is 0 Å². The van der Waals surface area contributed by atoms with E-state index in [1.807, 2.05) is 30.3 Å². The molecule has 0 saturated heterocycles. The molecule has 0 aliphatic rings. The predicted molar refractivity (Wildman–Crippen MR) is 89.6 cm³/mol. The van der Waals surface area contributed by atoms with Gasteiger partial charge in [-0.05, 0) is 29.8 Å². The molecule has 0 radical (unpaired) electrons. The Balaban J connectivity index is 1.96. The minimum absolute atomic E-state index is 0.0975. The third kappa shape index (κ3) is 4.79. The average molecular weight is 353 g/mol. The van der Waals surface area contributed by atoms with Gasteiger partial charge in [0.05, 0.1) is 11.4 Å². The monoisotopic (exact) mass is 352 g/mol. The van der Waals surface area contributed by atoms with Crippen LogP contribution < -0.4 is 5.32 Å². The van der Waals surface area contributed by atoms with Gasteiger partial charge in [-0.3, -0.25) is 4.79 Å². The molecular formula is C16H17ClN2O3S. The van der Waals surface area contributed by atoms with Crippen LogP contribution in [0.25, 0.3) is 0 Å². The van der Waals surface area contributed by atoms with E-state index < -0.39 is 10.0 Å². The molecule has 5 nitrogen and oxygen atoms in total. The summed E-state index contributed by atoms with van der Waals surface area (Å²) in [4.78, 5) is 12.0. The number of amides is 1. The molecule has 122 valence electrons. The van der Waals surface area contributed by atoms with Gasteiger partial charge in [-0.15, -0.1) is 0 Å². The Hall–Kier alpha value is -1.89. The van der Waals surface area contributed by atoms with Crippen molar-refractivity contribution in [2.75, 3.05) is 13.6 Å². The van der Waals surface area contributed by atoms with E-state index in [0.717, 1.165) is 9.87 Å². The second-order valence-corrected chi connectivity index (χ2v) is 7.46. The maximum absolute atomic E-state index is 12.4. The quantitative estimate of drug-likeness (QED) is 0.867. The van der Waals surface area contributed by atoms with Crippen LogP contribution in [0.2, 0.25) is 5.02 Å². The van der Waals surface area contributed by atoms with Gasteiger partial charge in [0.2, 0.25) is 15.9 Å². The first-order valence-corrected chi connectivity index (χ1v) is 8.74. The number of carbonyl (C=O) groups excluding carboxylic acids is 1. The van der Waals surface area contributed by atoms with Crippen molar-refractivity contribution in [2.45, 2.75) is 11.4 Å². The van der Waals surface area contributed by atoms with E-state index in [1.165, 1.54) is 31.3 Å². The normalized spacial score (nSPS) is 11.4. The smallest absolute Gasteiger partial charge is 0.243 e. The molecule has 0 saturated carbocycles. The molecular weight excluding hydrogens is 336 g/mol. The molecule has 2 rings (SSSR count). The highest BCUT2D eigenvalue weighted by Crippen LogP contribution is 2.17. The van der Waals surface area contributed by atoms with E-state index >= 15 is 0 Å². The number of carbonyl (C=O) groups is 1. The first-order valence-electron chi connectivity index (χ1n) is 6.92. The van der Waals surface area contributed by atoms with Gasteiger partial charge < -0.3 is 5.32 Å². The van der Waals surface area contributed by atoms with Crippen molar-refractivity contribution < 1.29 is 13.2 Å². The summed E-state index contributed by atoms with van der Waals surface area (Å²) in [6, 6.07) is 15.2. The number of nitrogens with zero attached hydrogens (tertiary/aromatic N) is 1. The Bertz CT molecular complexity index is 762. The molecule has 0 aliphatic heterocycles. The molecule has 7 heteroatoms. The van der Waals surface area contributed by atoms with Crippen molar-refractivity contribution >= 4 is 27.5 Å². The van der Waals surface area contributed by atoms with Crippen molar-refractivity contribution in [1.82, 2.24) is 9.62 Å². The summed E-state index contributed by atoms with van der Waals surface area (Å²) >= 11 is 5.75. The van der Waals surface area contributed by atoms with E-state index in [-0.39, 0.29) is 17.3 Å². The molecule has 1 N–H and O–H groups in total. The second-order valence-electron chi connectivity index (χ2n) is 4.98. The molecule has 2 aromatic carbocycles. The van der Waals surface area contributed by atoms with Gasteiger partial charge in [-0.1, -0.05) is 41.9 Å². The highest BCUT2D eigenvalue weighted by Gasteiger charge is 2.22. The number of halogens is 1. The van der Waals surface area contributed by atoms with Gasteiger partial charge in [-0.2, -0.15) is 4.31 Å². The Labute approximate surface area is 140 Å². The summed E-state index contributed by atoms with van der Waals surface area (Å²) in [5.74, 6) is -0.367. The van der Waals surface area contributed by atoms with Gasteiger partial charge in [0.15, 0.2) is 0 Å². The van der Waals surface area contributed by atoms with E-state index in [1.54, 1.807) is 0 Å². The van der Waals surface area contributed by atoms with Crippen LogP contribution in [-0.4, -0.2) is 32.2 Å². The second kappa shape index (κ2) is 7.59. The van der Waals surface area contributed by atoms with Crippen molar-refractivity contribution in [3.63, 3.8) is 0 Å². The zero-order valence-electron chi connectivity index (χ0n) is 12.6. The van der Waals surface area contributed by atoms with E-state index in [4.69, 9.17) is 11.6 Å². The lowest BCUT2D eigenvalue weighted by molar-refractivity contribution is -0.121. The summed E-state index contributed by atoms with van der Waals surface area (Å²) < 4.78 is 25.7. The van der Waals surface area contributed by atoms with Gasteiger partial charge in [-0.25, -0.2) is 8.42 Å². The fourth-order valence-electron chi connectivity index (χ4n) is 1.93. The highest BCUT2D eigenvalue weighted by atomic mass is 35.5. The summed E-state index contributed by atoms with van der Waals surface area (Å²) in [7, 11) is -2.35. The van der Waals surface area contributed by atoms with E-state index in [0.29, 0.717) is 11.6 Å². The van der Waals surface area contributed by atoms with E-state index in [2.05, 4.69) is 5.32 Å². The molecule has 23 heavy (non-hydrogen) atoms. The maximum Gasteiger partial charge on any atom is 0.243 e. The van der Waals surface area contributed by atoms with Gasteiger partial charge in [0, 0.05) is 18.6 Å². The first-order chi connectivity index (χ1) is 10.9. The minimum atomic E-state index is -3.72. The molecule has 0 bridgehead atoms. The summed E-state index contributed by atoms with van der Waals surface area (Å²) in [6.45, 7) is 0.103. The molecule has 0 spiro atoms. The van der Waals surface area contributed by atoms with Crippen LogP contribution >= 0.6 is 11.6 Å². The number of rotatable bonds is 6. The Morgan fingerprint density at radius 1 is 1.09 bits per heavy atom. The zero-order chi connectivity index (χ0) is 16.9. The van der Waals surface area contributed by atoms with Crippen LogP contribution in [0.5, 0.6) is 0 Å². The minimum Gasteiger partial charge on any atom is -0.351 e. The van der Waals surface area contributed by atoms with Crippen molar-refractivity contribution in [2.24, 2.45) is 0 Å². The fraction of sp³-hybridized carbons (Fsp3) is 0.188. The van der Waals surface area contributed by atoms with Crippen LogP contribution in [-0.2, 0) is 21.4 Å². The fourth-order valence-corrected chi connectivity index (χ4v) is 3.18. The number of benzene rings is 2. The summed E-state index contributed by atoms with van der Waals surface area (Å²) in [6.07, 6.45) is 0. The topological polar surface area (TPSA) is 66.5 Å². The number of hydrogen-bond acceptors (Lipinski definition) is 3. The van der Waals surface area contributed by atoms with Crippen LogP contribution in [0.4, 0.5) is 0 Å². The Morgan fingerprint density at radius 3 is 2.30 bits per heavy atom. The number of hydrogen-bond donors (Lipinski definition) is 1. The predicted octanol–water partition coefficient (Wildman–Crippen LogP) is 2.28. The molecule has 0 aliphatic carbocycles. The largest absolute Gasteiger partial charge is 0.351 e. The standard InChI is InChI=1S/C16H17ClN2O3S/c1-19(23(21,22)15-9-7-14(17)8-10-15)12-16(20)18-11-13-5-3-2-4-6-13/h2-10H,11-12H2,1H3,(H,18,20). The highest BCUT2D eigenvalue weighted by molar-refractivity contribution is 7.89. The molecule has 1 amide bonds. The summed E-state index contributed by atoms with van der Waals surface area (Å²) in [5.41, 5.74) is 0.948. The lowest BCUT2D eigenvalue weighted by Gasteiger charge is -2.17. The molecule has 0 fully saturated rings. The molecule has 0 aromatic heterocycles. The maximum atomic E-state index is 12.4. The average Bonchev–Trinajstić information content (AvgIpc) is 2.54. The van der Waals surface area contributed by atoms with Crippen LogP contribution in [0.1, 0.15) is 5.56 Å². The number of nitrogens with one attached hydrogen (secondary N) is 1. The lowest BCUT2D eigenvalue weighted by Crippen LogP contribution is -2.38. The molecule has 0 atom stereocenters. The third-order valence-corrected chi connectivity index (χ3v) is 5.29. The van der Waals surface area contributed by atoms with Gasteiger partial charge in [0.25, 0.3) is 0 Å².